The third-order valence-electron chi connectivity index (χ3n) is 3.81. The van der Waals surface area contributed by atoms with E-state index in [9.17, 15) is 9.18 Å². The lowest BCUT2D eigenvalue weighted by Crippen LogP contribution is -2.31. The van der Waals surface area contributed by atoms with Crippen molar-refractivity contribution in [3.05, 3.63) is 90.5 Å². The summed E-state index contributed by atoms with van der Waals surface area (Å²) in [6.45, 7) is 0.573. The second-order valence-electron chi connectivity index (χ2n) is 5.73. The molecule has 0 aliphatic heterocycles. The third-order valence-corrected chi connectivity index (χ3v) is 3.81. The minimum atomic E-state index is -0.382. The van der Waals surface area contributed by atoms with Crippen molar-refractivity contribution in [3.63, 3.8) is 0 Å². The number of nitrogens with zero attached hydrogens (tertiary/aromatic N) is 2. The summed E-state index contributed by atoms with van der Waals surface area (Å²) in [5, 5.41) is 0. The maximum absolute atomic E-state index is 13.6. The van der Waals surface area contributed by atoms with Gasteiger partial charge in [-0.1, -0.05) is 30.3 Å². The van der Waals surface area contributed by atoms with E-state index in [2.05, 4.69) is 4.98 Å². The van der Waals surface area contributed by atoms with Crippen LogP contribution in [-0.2, 0) is 11.3 Å². The van der Waals surface area contributed by atoms with Gasteiger partial charge in [0.1, 0.15) is 11.6 Å². The summed E-state index contributed by atoms with van der Waals surface area (Å²) in [6.07, 6.45) is 3.55. The molecule has 0 fully saturated rings. The number of para-hydroxylation sites is 1. The van der Waals surface area contributed by atoms with Gasteiger partial charge in [-0.2, -0.15) is 0 Å². The molecule has 0 N–H and O–H groups in total. The zero-order valence-electron chi connectivity index (χ0n) is 14.2. The quantitative estimate of drug-likeness (QED) is 0.641. The first-order valence-electron chi connectivity index (χ1n) is 8.35. The Morgan fingerprint density at radius 3 is 2.62 bits per heavy atom. The Labute approximate surface area is 151 Å². The van der Waals surface area contributed by atoms with Crippen LogP contribution in [-0.4, -0.2) is 17.5 Å². The van der Waals surface area contributed by atoms with Gasteiger partial charge in [0.2, 0.25) is 5.91 Å². The topological polar surface area (TPSA) is 42.4 Å². The lowest BCUT2D eigenvalue weighted by molar-refractivity contribution is -0.119. The molecular weight excluding hydrogens is 331 g/mol. The fourth-order valence-corrected chi connectivity index (χ4v) is 2.55. The Hall–Kier alpha value is -3.21. The fourth-order valence-electron chi connectivity index (χ4n) is 2.55. The molecule has 3 rings (SSSR count). The molecule has 1 amide bonds. The Kier molecular flexibility index (Phi) is 5.93. The first-order valence-corrected chi connectivity index (χ1v) is 8.35. The standard InChI is InChI=1S/C21H19FN2O2/c22-18-7-4-8-19(14-18)24(16-17-6-5-12-23-15-17)21(25)11-13-26-20-9-2-1-3-10-20/h1-10,12,14-15H,11,13,16H2. The number of hydrogen-bond acceptors (Lipinski definition) is 3. The summed E-state index contributed by atoms with van der Waals surface area (Å²) in [4.78, 5) is 18.4. The molecule has 0 saturated heterocycles. The molecule has 2 aromatic carbocycles. The smallest absolute Gasteiger partial charge is 0.230 e. The van der Waals surface area contributed by atoms with Crippen molar-refractivity contribution in [3.8, 4) is 5.75 Å². The minimum absolute atomic E-state index is 0.143. The van der Waals surface area contributed by atoms with Crippen LogP contribution in [0, 0.1) is 5.82 Å². The van der Waals surface area contributed by atoms with Crippen molar-refractivity contribution in [1.29, 1.82) is 0 Å². The molecular formula is C21H19FN2O2. The van der Waals surface area contributed by atoms with Gasteiger partial charge in [-0.3, -0.25) is 9.78 Å². The SMILES string of the molecule is O=C(CCOc1ccccc1)N(Cc1cccnc1)c1cccc(F)c1. The maximum Gasteiger partial charge on any atom is 0.230 e. The number of ether oxygens (including phenoxy) is 1. The van der Waals surface area contributed by atoms with Crippen molar-refractivity contribution in [2.24, 2.45) is 0 Å². The average molecular weight is 350 g/mol. The number of carbonyl (C=O) groups excluding carboxylic acids is 1. The highest BCUT2D eigenvalue weighted by Crippen LogP contribution is 2.20. The van der Waals surface area contributed by atoms with E-state index in [-0.39, 0.29) is 24.8 Å². The van der Waals surface area contributed by atoms with Crippen LogP contribution in [0.1, 0.15) is 12.0 Å². The predicted molar refractivity (Wildman–Crippen MR) is 98.4 cm³/mol. The Balaban J connectivity index is 1.70. The molecule has 0 bridgehead atoms. The molecule has 0 spiro atoms. The largest absolute Gasteiger partial charge is 0.493 e. The highest BCUT2D eigenvalue weighted by Gasteiger charge is 2.17. The molecule has 132 valence electrons. The Bertz CT molecular complexity index is 841. The molecule has 0 radical (unpaired) electrons. The van der Waals surface area contributed by atoms with Gasteiger partial charge >= 0.3 is 0 Å². The molecule has 5 heteroatoms. The normalized spacial score (nSPS) is 10.3. The number of halogens is 1. The van der Waals surface area contributed by atoms with Crippen LogP contribution in [0.4, 0.5) is 10.1 Å². The number of aromatic nitrogens is 1. The van der Waals surface area contributed by atoms with Crippen LogP contribution >= 0.6 is 0 Å². The first-order chi connectivity index (χ1) is 12.7. The van der Waals surface area contributed by atoms with Crippen LogP contribution in [0.5, 0.6) is 5.75 Å². The van der Waals surface area contributed by atoms with Gasteiger partial charge in [-0.15, -0.1) is 0 Å². The summed E-state index contributed by atoms with van der Waals surface area (Å²) in [7, 11) is 0. The molecule has 1 heterocycles. The average Bonchev–Trinajstić information content (AvgIpc) is 2.67. The maximum atomic E-state index is 13.6. The highest BCUT2D eigenvalue weighted by atomic mass is 19.1. The van der Waals surface area contributed by atoms with E-state index in [0.29, 0.717) is 18.0 Å². The number of anilines is 1. The van der Waals surface area contributed by atoms with E-state index >= 15 is 0 Å². The monoisotopic (exact) mass is 350 g/mol. The van der Waals surface area contributed by atoms with Gasteiger partial charge in [0, 0.05) is 18.1 Å². The van der Waals surface area contributed by atoms with Gasteiger partial charge < -0.3 is 9.64 Å². The summed E-state index contributed by atoms with van der Waals surface area (Å²) in [5.74, 6) is 0.187. The van der Waals surface area contributed by atoms with Gasteiger partial charge in [0.05, 0.1) is 19.6 Å². The van der Waals surface area contributed by atoms with Gasteiger partial charge in [0.15, 0.2) is 0 Å². The first kappa shape index (κ1) is 17.6. The van der Waals surface area contributed by atoms with Crippen molar-refractivity contribution in [2.75, 3.05) is 11.5 Å². The van der Waals surface area contributed by atoms with E-state index in [1.165, 1.54) is 12.1 Å². The molecule has 0 saturated carbocycles. The van der Waals surface area contributed by atoms with Crippen LogP contribution in [0.25, 0.3) is 0 Å². The molecule has 4 nitrogen and oxygen atoms in total. The molecule has 0 atom stereocenters. The number of amides is 1. The number of benzene rings is 2. The van der Waals surface area contributed by atoms with Gasteiger partial charge in [-0.25, -0.2) is 4.39 Å². The second kappa shape index (κ2) is 8.76. The highest BCUT2D eigenvalue weighted by molar-refractivity contribution is 5.93. The van der Waals surface area contributed by atoms with Gasteiger partial charge in [0.25, 0.3) is 0 Å². The predicted octanol–water partition coefficient (Wildman–Crippen LogP) is 4.22. The van der Waals surface area contributed by atoms with E-state index < -0.39 is 0 Å². The minimum Gasteiger partial charge on any atom is -0.493 e. The summed E-state index contributed by atoms with van der Waals surface area (Å²) < 4.78 is 19.2. The van der Waals surface area contributed by atoms with Crippen LogP contribution in [0.3, 0.4) is 0 Å². The molecule has 0 unspecified atom stereocenters. The zero-order valence-corrected chi connectivity index (χ0v) is 14.2. The van der Waals surface area contributed by atoms with Crippen molar-refractivity contribution in [1.82, 2.24) is 4.98 Å². The number of carbonyl (C=O) groups is 1. The lowest BCUT2D eigenvalue weighted by atomic mass is 10.2. The number of hydrogen-bond donors (Lipinski definition) is 0. The molecule has 1 aromatic heterocycles. The number of rotatable bonds is 7. The second-order valence-corrected chi connectivity index (χ2v) is 5.73. The zero-order chi connectivity index (χ0) is 18.2. The van der Waals surface area contributed by atoms with Crippen molar-refractivity contribution in [2.45, 2.75) is 13.0 Å². The summed E-state index contributed by atoms with van der Waals surface area (Å²) in [5.41, 5.74) is 1.38. The van der Waals surface area contributed by atoms with E-state index in [1.54, 1.807) is 29.4 Å². The number of pyridine rings is 1. The van der Waals surface area contributed by atoms with Crippen LogP contribution < -0.4 is 9.64 Å². The van der Waals surface area contributed by atoms with E-state index in [1.807, 2.05) is 42.5 Å². The Morgan fingerprint density at radius 1 is 1.04 bits per heavy atom. The van der Waals surface area contributed by atoms with E-state index in [4.69, 9.17) is 4.74 Å². The lowest BCUT2D eigenvalue weighted by Gasteiger charge is -2.23. The van der Waals surface area contributed by atoms with Gasteiger partial charge in [-0.05, 0) is 42.0 Å². The molecule has 26 heavy (non-hydrogen) atoms. The van der Waals surface area contributed by atoms with Crippen molar-refractivity contribution < 1.29 is 13.9 Å². The summed E-state index contributed by atoms with van der Waals surface area (Å²) >= 11 is 0. The third kappa shape index (κ3) is 4.89. The van der Waals surface area contributed by atoms with Crippen LogP contribution in [0.15, 0.2) is 79.1 Å². The molecule has 0 aliphatic rings. The van der Waals surface area contributed by atoms with Crippen LogP contribution in [0.2, 0.25) is 0 Å². The Morgan fingerprint density at radius 2 is 1.88 bits per heavy atom. The molecule has 3 aromatic rings. The fraction of sp³-hybridized carbons (Fsp3) is 0.143. The summed E-state index contributed by atoms with van der Waals surface area (Å²) in [6, 6.07) is 19.0. The van der Waals surface area contributed by atoms with Crippen molar-refractivity contribution >= 4 is 11.6 Å². The molecule has 0 aliphatic carbocycles. The van der Waals surface area contributed by atoms with E-state index in [0.717, 1.165) is 5.56 Å².